The van der Waals surface area contributed by atoms with Gasteiger partial charge in [0, 0.05) is 51.5 Å². The largest absolute Gasteiger partial charge is 0.361 e. The number of ether oxygens (including phenoxy) is 1. The van der Waals surface area contributed by atoms with E-state index in [0.29, 0.717) is 19.6 Å². The molecular weight excluding hydrogens is 478 g/mol. The zero-order valence-electron chi connectivity index (χ0n) is 21.0. The molecule has 2 bridgehead atoms. The summed E-state index contributed by atoms with van der Waals surface area (Å²) in [6.07, 6.45) is 2.21. The molecule has 1 aromatic carbocycles. The zero-order chi connectivity index (χ0) is 26.4. The van der Waals surface area contributed by atoms with Gasteiger partial charge in [-0.25, -0.2) is 4.98 Å². The summed E-state index contributed by atoms with van der Waals surface area (Å²) in [5, 5.41) is 8.28. The molecular formula is C25H33N7O5. The number of carbonyl (C=O) groups excluding carboxylic acids is 4. The number of nitrogens with one attached hydrogen (secondary N) is 4. The fraction of sp³-hybridized carbons (Fsp3) is 0.480. The molecule has 0 unspecified atom stereocenters. The number of rotatable bonds is 4. The number of hydrogen-bond acceptors (Lipinski definition) is 7. The van der Waals surface area contributed by atoms with Crippen LogP contribution in [-0.4, -0.2) is 101 Å². The number of benzene rings is 1. The third kappa shape index (κ3) is 7.14. The standard InChI is InChI=1S/C25H33N7O5/c1-16-23(34)27-10-19-12-32(11-18-9-26-15-28-18)13-21(37-19)24(35)30-20(8-17-6-4-3-5-7-17)25(36)31(2)14-22(33)29-16/h3-7,9,15-16,19-21H,8,10-14H2,1-2H3,(H,26,28)(H,27,34)(H,29,33)(H,30,35)/t16-,19+,20-,21-/m1/s1. The van der Waals surface area contributed by atoms with E-state index in [0.717, 1.165) is 11.3 Å². The van der Waals surface area contributed by atoms with Crippen molar-refractivity contribution in [1.29, 1.82) is 0 Å². The first kappa shape index (κ1) is 26.3. The predicted molar refractivity (Wildman–Crippen MR) is 133 cm³/mol. The number of nitrogens with zero attached hydrogens (tertiary/aromatic N) is 3. The van der Waals surface area contributed by atoms with Crippen LogP contribution in [0.5, 0.6) is 0 Å². The Balaban J connectivity index is 1.59. The second-order valence-corrected chi connectivity index (χ2v) is 9.50. The van der Waals surface area contributed by atoms with Gasteiger partial charge in [0.15, 0.2) is 0 Å². The van der Waals surface area contributed by atoms with Gasteiger partial charge in [-0.3, -0.25) is 24.1 Å². The maximum absolute atomic E-state index is 13.4. The van der Waals surface area contributed by atoms with E-state index < -0.39 is 42.0 Å². The summed E-state index contributed by atoms with van der Waals surface area (Å²) < 4.78 is 6.08. The van der Waals surface area contributed by atoms with E-state index in [4.69, 9.17) is 4.74 Å². The lowest BCUT2D eigenvalue weighted by Gasteiger charge is -2.37. The Morgan fingerprint density at radius 1 is 1.05 bits per heavy atom. The molecule has 37 heavy (non-hydrogen) atoms. The quantitative estimate of drug-likeness (QED) is 0.403. The summed E-state index contributed by atoms with van der Waals surface area (Å²) in [5.41, 5.74) is 1.74. The number of morpholine rings is 1. The van der Waals surface area contributed by atoms with Crippen LogP contribution in [0.2, 0.25) is 0 Å². The molecule has 2 aliphatic rings. The van der Waals surface area contributed by atoms with Gasteiger partial charge in [0.2, 0.25) is 17.7 Å². The molecule has 1 aromatic heterocycles. The fourth-order valence-corrected chi connectivity index (χ4v) is 4.51. The topological polar surface area (TPSA) is 149 Å². The van der Waals surface area contributed by atoms with Gasteiger partial charge in [-0.1, -0.05) is 30.3 Å². The molecule has 0 spiro atoms. The molecule has 2 aliphatic heterocycles. The number of hydrogen-bond donors (Lipinski definition) is 4. The van der Waals surface area contributed by atoms with Gasteiger partial charge < -0.3 is 30.6 Å². The lowest BCUT2D eigenvalue weighted by atomic mass is 10.0. The normalized spacial score (nSPS) is 26.5. The third-order valence-electron chi connectivity index (χ3n) is 6.41. The van der Waals surface area contributed by atoms with Crippen LogP contribution in [0.25, 0.3) is 0 Å². The summed E-state index contributed by atoms with van der Waals surface area (Å²) in [5.74, 6) is -1.70. The molecule has 2 saturated heterocycles. The minimum absolute atomic E-state index is 0.161. The summed E-state index contributed by atoms with van der Waals surface area (Å²) in [4.78, 5) is 62.3. The molecule has 3 heterocycles. The smallest absolute Gasteiger partial charge is 0.251 e. The summed E-state index contributed by atoms with van der Waals surface area (Å²) in [7, 11) is 1.49. The van der Waals surface area contributed by atoms with Gasteiger partial charge in [0.05, 0.1) is 19.0 Å². The molecule has 4 atom stereocenters. The average molecular weight is 512 g/mol. The molecule has 4 amide bonds. The predicted octanol–water partition coefficient (Wildman–Crippen LogP) is -1.20. The minimum atomic E-state index is -0.903. The maximum atomic E-state index is 13.4. The van der Waals surface area contributed by atoms with Crippen molar-refractivity contribution >= 4 is 23.6 Å². The molecule has 2 fully saturated rings. The number of H-pyrrole nitrogens is 1. The first-order chi connectivity index (χ1) is 17.8. The van der Waals surface area contributed by atoms with Gasteiger partial charge >= 0.3 is 0 Å². The number of likely N-dealkylation sites (N-methyl/N-ethyl adjacent to an activating group) is 1. The van der Waals surface area contributed by atoms with E-state index in [2.05, 4.69) is 25.9 Å². The number of aromatic nitrogens is 2. The van der Waals surface area contributed by atoms with Crippen molar-refractivity contribution in [2.75, 3.05) is 33.2 Å². The Bertz CT molecular complexity index is 1090. The van der Waals surface area contributed by atoms with Crippen molar-refractivity contribution in [3.8, 4) is 0 Å². The van der Waals surface area contributed by atoms with Gasteiger partial charge in [0.1, 0.15) is 18.2 Å². The second kappa shape index (κ2) is 12.0. The van der Waals surface area contributed by atoms with Crippen molar-refractivity contribution < 1.29 is 23.9 Å². The summed E-state index contributed by atoms with van der Waals surface area (Å²) in [6.45, 7) is 2.77. The second-order valence-electron chi connectivity index (χ2n) is 9.50. The average Bonchev–Trinajstić information content (AvgIpc) is 3.39. The monoisotopic (exact) mass is 511 g/mol. The molecule has 4 N–H and O–H groups in total. The van der Waals surface area contributed by atoms with Crippen LogP contribution in [-0.2, 0) is 36.9 Å². The number of fused-ring (bicyclic) bond motifs is 2. The third-order valence-corrected chi connectivity index (χ3v) is 6.41. The van der Waals surface area contributed by atoms with Crippen molar-refractivity contribution in [2.45, 2.75) is 44.2 Å². The van der Waals surface area contributed by atoms with Crippen LogP contribution >= 0.6 is 0 Å². The number of amides is 4. The van der Waals surface area contributed by atoms with E-state index in [1.165, 1.54) is 11.9 Å². The summed E-state index contributed by atoms with van der Waals surface area (Å²) in [6, 6.07) is 7.64. The molecule has 198 valence electrons. The Morgan fingerprint density at radius 3 is 2.57 bits per heavy atom. The van der Waals surface area contributed by atoms with Gasteiger partial charge in [0.25, 0.3) is 5.91 Å². The Kier molecular flexibility index (Phi) is 8.51. The molecule has 0 aliphatic carbocycles. The highest BCUT2D eigenvalue weighted by molar-refractivity contribution is 5.93. The Labute approximate surface area is 215 Å². The van der Waals surface area contributed by atoms with Crippen LogP contribution in [0, 0.1) is 0 Å². The maximum Gasteiger partial charge on any atom is 0.251 e. The van der Waals surface area contributed by atoms with Gasteiger partial charge in [-0.15, -0.1) is 0 Å². The first-order valence-electron chi connectivity index (χ1n) is 12.3. The Hall–Kier alpha value is -3.77. The Morgan fingerprint density at radius 2 is 1.84 bits per heavy atom. The highest BCUT2D eigenvalue weighted by atomic mass is 16.5. The number of carbonyl (C=O) groups is 4. The van der Waals surface area contributed by atoms with Gasteiger partial charge in [-0.05, 0) is 12.5 Å². The van der Waals surface area contributed by atoms with E-state index in [1.807, 2.05) is 35.2 Å². The summed E-state index contributed by atoms with van der Waals surface area (Å²) >= 11 is 0. The molecule has 4 rings (SSSR count). The molecule has 2 aromatic rings. The zero-order valence-corrected chi connectivity index (χ0v) is 21.0. The van der Waals surface area contributed by atoms with Crippen molar-refractivity contribution in [2.24, 2.45) is 0 Å². The van der Waals surface area contributed by atoms with E-state index >= 15 is 0 Å². The van der Waals surface area contributed by atoms with E-state index in [-0.39, 0.29) is 25.4 Å². The SMILES string of the molecule is C[C@H]1NC(=O)CN(C)C(=O)[C@@H](Cc2ccccc2)NC(=O)[C@H]2CN(Cc3cnc[nH]3)C[C@H](CNC1=O)O2. The van der Waals surface area contributed by atoms with Crippen molar-refractivity contribution in [1.82, 2.24) is 35.7 Å². The highest BCUT2D eigenvalue weighted by Crippen LogP contribution is 2.15. The lowest BCUT2D eigenvalue weighted by molar-refractivity contribution is -0.150. The van der Waals surface area contributed by atoms with Crippen LogP contribution in [0.15, 0.2) is 42.9 Å². The minimum Gasteiger partial charge on any atom is -0.361 e. The van der Waals surface area contributed by atoms with Crippen molar-refractivity contribution in [3.05, 3.63) is 54.1 Å². The molecule has 12 heteroatoms. The first-order valence-corrected chi connectivity index (χ1v) is 12.3. The number of aromatic amines is 1. The van der Waals surface area contributed by atoms with Crippen LogP contribution in [0.4, 0.5) is 0 Å². The van der Waals surface area contributed by atoms with Crippen molar-refractivity contribution in [3.63, 3.8) is 0 Å². The molecule has 12 nitrogen and oxygen atoms in total. The van der Waals surface area contributed by atoms with Crippen LogP contribution < -0.4 is 16.0 Å². The van der Waals surface area contributed by atoms with E-state index in [9.17, 15) is 19.2 Å². The molecule has 0 radical (unpaired) electrons. The number of imidazole rings is 1. The van der Waals surface area contributed by atoms with Crippen LogP contribution in [0.1, 0.15) is 18.2 Å². The molecule has 0 saturated carbocycles. The van der Waals surface area contributed by atoms with Crippen LogP contribution in [0.3, 0.4) is 0 Å². The lowest BCUT2D eigenvalue weighted by Crippen LogP contribution is -2.58. The fourth-order valence-electron chi connectivity index (χ4n) is 4.51. The van der Waals surface area contributed by atoms with E-state index in [1.54, 1.807) is 19.4 Å². The highest BCUT2D eigenvalue weighted by Gasteiger charge is 2.36. The van der Waals surface area contributed by atoms with Gasteiger partial charge in [-0.2, -0.15) is 0 Å².